The monoisotopic (exact) mass is 751 g/mol. The van der Waals surface area contributed by atoms with Crippen molar-refractivity contribution in [3.8, 4) is 0 Å². The van der Waals surface area contributed by atoms with Gasteiger partial charge < -0.3 is 10.1 Å². The van der Waals surface area contributed by atoms with Gasteiger partial charge in [0.2, 0.25) is 0 Å². The summed E-state index contributed by atoms with van der Waals surface area (Å²) in [6.45, 7) is 0. The maximum absolute atomic E-state index is 12.6. The fourth-order valence-electron chi connectivity index (χ4n) is 8.58. The van der Waals surface area contributed by atoms with Crippen molar-refractivity contribution in [1.82, 2.24) is 20.0 Å². The lowest BCUT2D eigenvalue weighted by Crippen LogP contribution is -2.39. The van der Waals surface area contributed by atoms with Crippen LogP contribution in [0.4, 0.5) is 5.82 Å². The fraction of sp³-hybridized carbons (Fsp3) is 0.0769. The Bertz CT molecular complexity index is 2530. The van der Waals surface area contributed by atoms with Gasteiger partial charge in [0.1, 0.15) is 28.7 Å². The molecule has 0 aliphatic rings. The zero-order valence-corrected chi connectivity index (χ0v) is 31.8. The quantitative estimate of drug-likeness (QED) is 0.0938. The second kappa shape index (κ2) is 16.0. The molecule has 0 unspecified atom stereocenters. The average molecular weight is 752 g/mol. The van der Waals surface area contributed by atoms with Crippen LogP contribution in [-0.4, -0.2) is 26.3 Å². The average Bonchev–Trinajstić information content (AvgIpc) is 3.74. The molecule has 0 amide bonds. The lowest BCUT2D eigenvalue weighted by Gasteiger charge is -2.38. The van der Waals surface area contributed by atoms with Crippen LogP contribution in [0, 0.1) is 0 Å². The van der Waals surface area contributed by atoms with E-state index in [2.05, 4.69) is 169 Å². The van der Waals surface area contributed by atoms with Crippen LogP contribution in [0.25, 0.3) is 11.2 Å². The molecule has 1 atom stereocenters. The Balaban J connectivity index is 1.40. The molecule has 1 N–H and O–H groups in total. The minimum Gasteiger partial charge on any atom is -0.353 e. The lowest BCUT2D eigenvalue weighted by molar-refractivity contribution is -0.108. The normalized spacial score (nSPS) is 12.2. The molecule has 6 nitrogen and oxygen atoms in total. The van der Waals surface area contributed by atoms with Gasteiger partial charge in [0.15, 0.2) is 5.65 Å². The third kappa shape index (κ3) is 6.35. The van der Waals surface area contributed by atoms with Crippen molar-refractivity contribution in [2.24, 2.45) is 0 Å². The van der Waals surface area contributed by atoms with Crippen LogP contribution < -0.4 is 5.32 Å². The summed E-state index contributed by atoms with van der Waals surface area (Å²) in [4.78, 5) is 18.2. The molecule has 0 saturated carbocycles. The molecule has 0 bridgehead atoms. The standard InChI is InChI=1S/C52H41N5O/c58-37-36-46(39-22-8-1-9-23-39)47-38-48(54-51(40-24-10-2-11-25-40,41-26-12-3-13-27-41)42-28-14-4-15-29-42)53-50-49(47)55-56-57(50)52(43-30-16-5-17-31-43,44-32-18-6-19-33-44)45-34-20-7-21-35-45/h1-35,37-38,46H,36H2,(H,53,54)/t46-/m1/s1. The largest absolute Gasteiger partial charge is 0.353 e. The topological polar surface area (TPSA) is 72.7 Å². The molecule has 58 heavy (non-hydrogen) atoms. The smallest absolute Gasteiger partial charge is 0.182 e. The van der Waals surface area contributed by atoms with Crippen LogP contribution in [0.3, 0.4) is 0 Å². The van der Waals surface area contributed by atoms with Gasteiger partial charge in [-0.2, -0.15) is 0 Å². The maximum Gasteiger partial charge on any atom is 0.182 e. The minimum absolute atomic E-state index is 0.248. The van der Waals surface area contributed by atoms with E-state index in [9.17, 15) is 4.79 Å². The fourth-order valence-corrected chi connectivity index (χ4v) is 8.58. The maximum atomic E-state index is 12.6. The van der Waals surface area contributed by atoms with Gasteiger partial charge in [0.25, 0.3) is 0 Å². The van der Waals surface area contributed by atoms with Crippen LogP contribution >= 0.6 is 0 Å². The number of aromatic nitrogens is 4. The number of pyridine rings is 1. The molecule has 0 radical (unpaired) electrons. The molecule has 7 aromatic carbocycles. The molecule has 0 saturated heterocycles. The summed E-state index contributed by atoms with van der Waals surface area (Å²) in [5, 5.41) is 14.1. The minimum atomic E-state index is -0.982. The molecular formula is C52H41N5O. The highest BCUT2D eigenvalue weighted by Crippen LogP contribution is 2.45. The third-order valence-corrected chi connectivity index (χ3v) is 11.2. The zero-order chi connectivity index (χ0) is 39.2. The SMILES string of the molecule is O=CC[C@H](c1ccccc1)c1cc(NC(c2ccccc2)(c2ccccc2)c2ccccc2)nc2c1nnn2C(c1ccccc1)(c1ccccc1)c1ccccc1. The van der Waals surface area contributed by atoms with Gasteiger partial charge in [0, 0.05) is 12.3 Å². The first kappa shape index (κ1) is 36.2. The Hall–Kier alpha value is -7.44. The predicted molar refractivity (Wildman–Crippen MR) is 232 cm³/mol. The number of nitrogens with one attached hydrogen (secondary N) is 1. The summed E-state index contributed by atoms with van der Waals surface area (Å²) < 4.78 is 1.98. The highest BCUT2D eigenvalue weighted by molar-refractivity contribution is 5.81. The molecule has 9 aromatic rings. The van der Waals surface area contributed by atoms with E-state index in [1.165, 1.54) is 0 Å². The number of aldehydes is 1. The third-order valence-electron chi connectivity index (χ3n) is 11.2. The number of rotatable bonds is 13. The summed E-state index contributed by atoms with van der Waals surface area (Å²) in [6, 6.07) is 75.0. The first-order valence-corrected chi connectivity index (χ1v) is 19.6. The van der Waals surface area contributed by atoms with Gasteiger partial charge in [-0.3, -0.25) is 0 Å². The molecule has 280 valence electrons. The highest BCUT2D eigenvalue weighted by atomic mass is 16.1. The van der Waals surface area contributed by atoms with E-state index in [0.717, 1.165) is 50.8 Å². The first-order valence-electron chi connectivity index (χ1n) is 19.6. The number of benzene rings is 7. The Labute approximate surface area is 338 Å². The molecule has 2 heterocycles. The van der Waals surface area contributed by atoms with Gasteiger partial charge >= 0.3 is 0 Å². The van der Waals surface area contributed by atoms with E-state index in [-0.39, 0.29) is 12.3 Å². The predicted octanol–water partition coefficient (Wildman–Crippen LogP) is 10.8. The molecule has 0 fully saturated rings. The Morgan fingerprint density at radius 3 is 1.29 bits per heavy atom. The van der Waals surface area contributed by atoms with E-state index < -0.39 is 11.1 Å². The number of anilines is 1. The Kier molecular flexibility index (Phi) is 9.97. The number of carbonyl (C=O) groups excluding carboxylic acids is 1. The molecule has 0 aliphatic heterocycles. The Morgan fingerprint density at radius 1 is 0.517 bits per heavy atom. The van der Waals surface area contributed by atoms with Gasteiger partial charge in [-0.05, 0) is 50.6 Å². The van der Waals surface area contributed by atoms with Crippen LogP contribution in [0.1, 0.15) is 56.8 Å². The summed E-state index contributed by atoms with van der Waals surface area (Å²) in [5.41, 5.74) is 7.33. The lowest BCUT2D eigenvalue weighted by atomic mass is 9.76. The van der Waals surface area contributed by atoms with Gasteiger partial charge in [-0.15, -0.1) is 5.10 Å². The summed E-state index contributed by atoms with van der Waals surface area (Å²) >= 11 is 0. The summed E-state index contributed by atoms with van der Waals surface area (Å²) in [5.74, 6) is 0.284. The molecule has 2 aromatic heterocycles. The molecule has 9 rings (SSSR count). The van der Waals surface area contributed by atoms with E-state index in [1.54, 1.807) is 0 Å². The van der Waals surface area contributed by atoms with E-state index in [4.69, 9.17) is 15.3 Å². The second-order valence-corrected chi connectivity index (χ2v) is 14.4. The van der Waals surface area contributed by atoms with Crippen LogP contribution in [0.5, 0.6) is 0 Å². The molecular weight excluding hydrogens is 711 g/mol. The molecule has 6 heteroatoms. The van der Waals surface area contributed by atoms with Crippen molar-refractivity contribution in [1.29, 1.82) is 0 Å². The molecule has 0 aliphatic carbocycles. The van der Waals surface area contributed by atoms with Crippen LogP contribution in [-0.2, 0) is 15.9 Å². The highest BCUT2D eigenvalue weighted by Gasteiger charge is 2.43. The van der Waals surface area contributed by atoms with Gasteiger partial charge in [-0.25, -0.2) is 9.67 Å². The first-order chi connectivity index (χ1) is 28.7. The van der Waals surface area contributed by atoms with Crippen LogP contribution in [0.2, 0.25) is 0 Å². The van der Waals surface area contributed by atoms with Gasteiger partial charge in [0.05, 0.1) is 0 Å². The summed E-state index contributed by atoms with van der Waals surface area (Å²) in [6.07, 6.45) is 1.24. The van der Waals surface area contributed by atoms with Crippen molar-refractivity contribution in [3.63, 3.8) is 0 Å². The van der Waals surface area contributed by atoms with Crippen molar-refractivity contribution in [2.45, 2.75) is 23.4 Å². The van der Waals surface area contributed by atoms with E-state index >= 15 is 0 Å². The van der Waals surface area contributed by atoms with E-state index in [0.29, 0.717) is 17.0 Å². The van der Waals surface area contributed by atoms with Crippen molar-refractivity contribution < 1.29 is 4.79 Å². The Morgan fingerprint density at radius 2 is 0.897 bits per heavy atom. The number of carbonyl (C=O) groups is 1. The van der Waals surface area contributed by atoms with Gasteiger partial charge in [-0.1, -0.05) is 218 Å². The number of hydrogen-bond donors (Lipinski definition) is 1. The van der Waals surface area contributed by atoms with Crippen molar-refractivity contribution >= 4 is 23.3 Å². The number of hydrogen-bond acceptors (Lipinski definition) is 5. The van der Waals surface area contributed by atoms with Crippen LogP contribution in [0.15, 0.2) is 218 Å². The van der Waals surface area contributed by atoms with Crippen molar-refractivity contribution in [3.05, 3.63) is 263 Å². The number of fused-ring (bicyclic) bond motifs is 1. The molecule has 0 spiro atoms. The number of nitrogens with zero attached hydrogens (tertiary/aromatic N) is 4. The summed E-state index contributed by atoms with van der Waals surface area (Å²) in [7, 11) is 0. The van der Waals surface area contributed by atoms with Crippen molar-refractivity contribution in [2.75, 3.05) is 5.32 Å². The second-order valence-electron chi connectivity index (χ2n) is 14.4. The van der Waals surface area contributed by atoms with E-state index in [1.807, 2.05) is 59.3 Å². The zero-order valence-electron chi connectivity index (χ0n) is 31.8.